The quantitative estimate of drug-likeness (QED) is 0.388. The first-order chi connectivity index (χ1) is 8.70. The molecule has 104 valence electrons. The molecule has 0 saturated heterocycles. The molecule has 8 nitrogen and oxygen atoms in total. The van der Waals surface area contributed by atoms with E-state index >= 15 is 0 Å². The zero-order valence-electron chi connectivity index (χ0n) is 9.88. The van der Waals surface area contributed by atoms with Crippen molar-refractivity contribution in [3.05, 3.63) is 50.1 Å². The van der Waals surface area contributed by atoms with E-state index in [1.54, 1.807) is 0 Å². The lowest BCUT2D eigenvalue weighted by Crippen LogP contribution is -2.14. The van der Waals surface area contributed by atoms with Crippen molar-refractivity contribution >= 4 is 11.9 Å². The third kappa shape index (κ3) is 8.86. The van der Waals surface area contributed by atoms with Crippen LogP contribution in [-0.4, -0.2) is 22.2 Å². The fourth-order valence-electron chi connectivity index (χ4n) is 0.748. The third-order valence-corrected chi connectivity index (χ3v) is 1.21. The molecule has 0 atom stereocenters. The molecule has 0 heterocycles. The van der Waals surface area contributed by atoms with Gasteiger partial charge in [-0.3, -0.25) is 9.59 Å². The summed E-state index contributed by atoms with van der Waals surface area (Å²) < 4.78 is 17.4. The molecule has 0 unspecified atom stereocenters. The zero-order valence-corrected chi connectivity index (χ0v) is 9.88. The van der Waals surface area contributed by atoms with Gasteiger partial charge in [-0.05, 0) is 26.3 Å². The maximum atomic E-state index is 11.1. The molecule has 0 fully saturated rings. The van der Waals surface area contributed by atoms with Crippen LogP contribution in [0.15, 0.2) is 50.1 Å². The second-order valence-corrected chi connectivity index (χ2v) is 2.86. The minimum absolute atomic E-state index is 0.566. The Morgan fingerprint density at radius 3 is 1.32 bits per heavy atom. The predicted molar refractivity (Wildman–Crippen MR) is 60.8 cm³/mol. The number of esters is 2. The molecule has 0 amide bonds. The van der Waals surface area contributed by atoms with Crippen molar-refractivity contribution < 1.29 is 38.7 Å². The summed E-state index contributed by atoms with van der Waals surface area (Å²) in [6.45, 7) is 12.2. The molecule has 0 aliphatic rings. The van der Waals surface area contributed by atoms with Gasteiger partial charge in [-0.25, -0.2) is 0 Å². The van der Waals surface area contributed by atoms with Crippen molar-refractivity contribution in [2.75, 3.05) is 0 Å². The molecule has 0 aromatic heterocycles. The van der Waals surface area contributed by atoms with E-state index in [2.05, 4.69) is 45.3 Å². The minimum atomic E-state index is -1.06. The first-order valence-electron chi connectivity index (χ1n) is 4.61. The first kappa shape index (κ1) is 16.1. The van der Waals surface area contributed by atoms with Crippen LogP contribution in [-0.2, 0) is 28.5 Å². The molecule has 2 N–H and O–H groups in total. The summed E-state index contributed by atoms with van der Waals surface area (Å²) in [6, 6.07) is 0. The molecule has 0 aromatic rings. The number of ether oxygens (including phenoxy) is 4. The largest absolute Gasteiger partial charge is 0.481 e. The van der Waals surface area contributed by atoms with Crippen LogP contribution in [0.4, 0.5) is 0 Å². The highest BCUT2D eigenvalue weighted by atomic mass is 16.7. The average Bonchev–Trinajstić information content (AvgIpc) is 2.12. The Morgan fingerprint density at radius 2 is 1.05 bits per heavy atom. The molecular weight excluding hydrogens is 260 g/mol. The number of carbonyl (C=O) groups excluding carboxylic acids is 2. The molecule has 0 aliphatic heterocycles. The van der Waals surface area contributed by atoms with Crippen LogP contribution in [0.3, 0.4) is 0 Å². The molecule has 0 spiro atoms. The average molecular weight is 272 g/mol. The number of rotatable bonds is 8. The summed E-state index contributed by atoms with van der Waals surface area (Å²) in [6.07, 6.45) is -0.805. The number of hydrogen-bond acceptors (Lipinski definition) is 8. The van der Waals surface area contributed by atoms with Gasteiger partial charge >= 0.3 is 11.9 Å². The summed E-state index contributed by atoms with van der Waals surface area (Å²) >= 11 is 0. The van der Waals surface area contributed by atoms with Gasteiger partial charge in [0.2, 0.25) is 0 Å². The standard InChI is InChI=1S/C11H12O8/c1-6(12)16-8(3)18-10(14)5-11(15)19-9(4)17-7(2)13/h12-13H,1-5H2. The van der Waals surface area contributed by atoms with E-state index in [0.29, 0.717) is 0 Å². The Bertz CT molecular complexity index is 394. The van der Waals surface area contributed by atoms with E-state index < -0.39 is 42.1 Å². The molecule has 0 aliphatic carbocycles. The Labute approximate surface area is 108 Å². The lowest BCUT2D eigenvalue weighted by molar-refractivity contribution is -0.155. The number of aliphatic hydroxyl groups excluding tert-OH is 2. The van der Waals surface area contributed by atoms with Crippen molar-refractivity contribution in [1.82, 2.24) is 0 Å². The topological polar surface area (TPSA) is 112 Å². The van der Waals surface area contributed by atoms with Gasteiger partial charge in [-0.15, -0.1) is 0 Å². The van der Waals surface area contributed by atoms with Gasteiger partial charge in [-0.2, -0.15) is 0 Å². The summed E-state index contributed by atoms with van der Waals surface area (Å²) in [5.41, 5.74) is 0. The predicted octanol–water partition coefficient (Wildman–Crippen LogP) is 1.50. The fourth-order valence-corrected chi connectivity index (χ4v) is 0.748. The van der Waals surface area contributed by atoms with Crippen molar-refractivity contribution in [2.45, 2.75) is 6.42 Å². The molecule has 0 bridgehead atoms. The molecule has 0 rings (SSSR count). The van der Waals surface area contributed by atoms with Crippen LogP contribution in [0.5, 0.6) is 0 Å². The molecule has 0 aromatic carbocycles. The number of aliphatic hydroxyl groups is 2. The van der Waals surface area contributed by atoms with Gasteiger partial charge in [0.05, 0.1) is 0 Å². The van der Waals surface area contributed by atoms with E-state index in [1.165, 1.54) is 0 Å². The van der Waals surface area contributed by atoms with Crippen molar-refractivity contribution in [3.8, 4) is 0 Å². The van der Waals surface area contributed by atoms with E-state index in [9.17, 15) is 9.59 Å². The SMILES string of the molecule is C=C(O)OC(=C)OC(=O)CC(=O)OC(=C)OC(=C)O. The Hall–Kier alpha value is -2.90. The Kier molecular flexibility index (Phi) is 6.30. The summed E-state index contributed by atoms with van der Waals surface area (Å²) in [5, 5.41) is 17.2. The van der Waals surface area contributed by atoms with Gasteiger partial charge < -0.3 is 29.2 Å². The highest BCUT2D eigenvalue weighted by molar-refractivity contribution is 5.91. The molecule has 0 saturated carbocycles. The monoisotopic (exact) mass is 272 g/mol. The normalized spacial score (nSPS) is 8.84. The van der Waals surface area contributed by atoms with Crippen LogP contribution in [0, 0.1) is 0 Å². The Morgan fingerprint density at radius 1 is 0.737 bits per heavy atom. The van der Waals surface area contributed by atoms with Crippen LogP contribution in [0.25, 0.3) is 0 Å². The maximum absolute atomic E-state index is 11.1. The number of carbonyl (C=O) groups is 2. The van der Waals surface area contributed by atoms with Crippen molar-refractivity contribution in [2.24, 2.45) is 0 Å². The van der Waals surface area contributed by atoms with Gasteiger partial charge in [-0.1, -0.05) is 0 Å². The zero-order chi connectivity index (χ0) is 15.0. The minimum Gasteiger partial charge on any atom is -0.481 e. The van der Waals surface area contributed by atoms with Crippen LogP contribution >= 0.6 is 0 Å². The van der Waals surface area contributed by atoms with Gasteiger partial charge in [0.1, 0.15) is 6.42 Å². The molecule has 19 heavy (non-hydrogen) atoms. The van der Waals surface area contributed by atoms with E-state index in [0.717, 1.165) is 0 Å². The smallest absolute Gasteiger partial charge is 0.324 e. The summed E-state index contributed by atoms with van der Waals surface area (Å²) in [4.78, 5) is 22.3. The molecule has 0 radical (unpaired) electrons. The highest BCUT2D eigenvalue weighted by Gasteiger charge is 2.16. The third-order valence-electron chi connectivity index (χ3n) is 1.21. The van der Waals surface area contributed by atoms with Gasteiger partial charge in [0, 0.05) is 0 Å². The lowest BCUT2D eigenvalue weighted by atomic mass is 10.4. The van der Waals surface area contributed by atoms with E-state index in [-0.39, 0.29) is 0 Å². The van der Waals surface area contributed by atoms with Crippen LogP contribution in [0.1, 0.15) is 6.42 Å². The fraction of sp³-hybridized carbons (Fsp3) is 0.0909. The summed E-state index contributed by atoms with van der Waals surface area (Å²) in [7, 11) is 0. The van der Waals surface area contributed by atoms with E-state index in [4.69, 9.17) is 10.2 Å². The van der Waals surface area contributed by atoms with Crippen LogP contribution in [0.2, 0.25) is 0 Å². The Balaban J connectivity index is 4.09. The van der Waals surface area contributed by atoms with Gasteiger partial charge in [0.15, 0.2) is 0 Å². The summed E-state index contributed by atoms with van der Waals surface area (Å²) in [5.74, 6) is -4.72. The van der Waals surface area contributed by atoms with Crippen molar-refractivity contribution in [1.29, 1.82) is 0 Å². The van der Waals surface area contributed by atoms with Crippen molar-refractivity contribution in [3.63, 3.8) is 0 Å². The highest BCUT2D eigenvalue weighted by Crippen LogP contribution is 2.06. The second kappa shape index (κ2) is 7.43. The first-order valence-corrected chi connectivity index (χ1v) is 4.61. The molecule has 8 heteroatoms. The molecular formula is C11H12O8. The maximum Gasteiger partial charge on any atom is 0.324 e. The van der Waals surface area contributed by atoms with Crippen LogP contribution < -0.4 is 0 Å². The van der Waals surface area contributed by atoms with E-state index in [1.807, 2.05) is 0 Å². The number of hydrogen-bond donors (Lipinski definition) is 2. The lowest BCUT2D eigenvalue weighted by Gasteiger charge is -2.08. The second-order valence-electron chi connectivity index (χ2n) is 2.86. The van der Waals surface area contributed by atoms with Gasteiger partial charge in [0.25, 0.3) is 23.8 Å².